The van der Waals surface area contributed by atoms with Crippen LogP contribution in [0.2, 0.25) is 0 Å². The van der Waals surface area contributed by atoms with Crippen LogP contribution in [0.1, 0.15) is 5.69 Å². The Morgan fingerprint density at radius 1 is 1.12 bits per heavy atom. The van der Waals surface area contributed by atoms with Gasteiger partial charge in [0.2, 0.25) is 11.8 Å². The van der Waals surface area contributed by atoms with E-state index >= 15 is 0 Å². The Morgan fingerprint density at radius 2 is 1.91 bits per heavy atom. The minimum absolute atomic E-state index is 0.00454. The molecule has 2 N–H and O–H groups in total. The Bertz CT molecular complexity index is 1440. The van der Waals surface area contributed by atoms with E-state index in [9.17, 15) is 17.2 Å². The molecule has 32 heavy (non-hydrogen) atoms. The van der Waals surface area contributed by atoms with Gasteiger partial charge in [0.1, 0.15) is 27.0 Å². The van der Waals surface area contributed by atoms with E-state index < -0.39 is 26.6 Å². The van der Waals surface area contributed by atoms with Crippen LogP contribution < -0.4 is 14.8 Å². The van der Waals surface area contributed by atoms with Crippen LogP contribution in [-0.4, -0.2) is 37.5 Å². The fourth-order valence-corrected chi connectivity index (χ4v) is 5.21. The molecule has 3 heterocycles. The molecule has 8 nitrogen and oxygen atoms in total. The van der Waals surface area contributed by atoms with E-state index in [2.05, 4.69) is 25.0 Å². The number of hydrogen-bond donors (Lipinski definition) is 2. The second-order valence-corrected chi connectivity index (χ2v) is 9.35. The maximum Gasteiger partial charge on any atom is 0.264 e. The van der Waals surface area contributed by atoms with Crippen LogP contribution in [-0.2, 0) is 10.0 Å². The van der Waals surface area contributed by atoms with Gasteiger partial charge in [-0.2, -0.15) is 0 Å². The third-order valence-corrected chi connectivity index (χ3v) is 7.04. The monoisotopic (exact) mass is 477 g/mol. The van der Waals surface area contributed by atoms with E-state index in [1.165, 1.54) is 30.7 Å². The summed E-state index contributed by atoms with van der Waals surface area (Å²) < 4.78 is 60.1. The Morgan fingerprint density at radius 3 is 2.59 bits per heavy atom. The molecular weight excluding hydrogens is 460 g/mol. The summed E-state index contributed by atoms with van der Waals surface area (Å²) in [4.78, 5) is 13.8. The molecule has 0 aliphatic rings. The number of aryl methyl sites for hydroxylation is 1. The standard InChI is InChI=1S/C20H17F2N5O3S2/c1-10-13-8-16(31-19(13)26-20(23-2)25-10)11-6-15(18(30-3)24-9-11)27-32(28,29)17-5-4-12(21)7-14(17)22/h4-9,27H,1-3H3,(H,23,25,26). The summed E-state index contributed by atoms with van der Waals surface area (Å²) in [6, 6.07) is 5.63. The van der Waals surface area contributed by atoms with Crippen molar-refractivity contribution in [3.63, 3.8) is 0 Å². The number of anilines is 2. The fourth-order valence-electron chi connectivity index (χ4n) is 3.03. The molecule has 0 saturated carbocycles. The summed E-state index contributed by atoms with van der Waals surface area (Å²) in [5.74, 6) is -1.60. The number of nitrogens with one attached hydrogen (secondary N) is 2. The third kappa shape index (κ3) is 4.06. The van der Waals surface area contributed by atoms with Gasteiger partial charge in [0, 0.05) is 35.1 Å². The number of benzene rings is 1. The summed E-state index contributed by atoms with van der Waals surface area (Å²) in [5, 5.41) is 3.76. The topological polar surface area (TPSA) is 106 Å². The van der Waals surface area contributed by atoms with Gasteiger partial charge in [0.05, 0.1) is 12.8 Å². The largest absolute Gasteiger partial charge is 0.480 e. The van der Waals surface area contributed by atoms with Crippen LogP contribution in [0.4, 0.5) is 20.4 Å². The smallest absolute Gasteiger partial charge is 0.264 e. The van der Waals surface area contributed by atoms with Gasteiger partial charge < -0.3 is 10.1 Å². The van der Waals surface area contributed by atoms with Gasteiger partial charge in [-0.15, -0.1) is 11.3 Å². The molecule has 0 fully saturated rings. The minimum atomic E-state index is -4.37. The van der Waals surface area contributed by atoms with E-state index in [0.29, 0.717) is 17.6 Å². The van der Waals surface area contributed by atoms with E-state index in [0.717, 1.165) is 32.9 Å². The highest BCUT2D eigenvalue weighted by molar-refractivity contribution is 7.92. The van der Waals surface area contributed by atoms with Crippen LogP contribution >= 0.6 is 11.3 Å². The Balaban J connectivity index is 1.76. The molecule has 1 aromatic carbocycles. The van der Waals surface area contributed by atoms with Gasteiger partial charge in [-0.25, -0.2) is 32.2 Å². The minimum Gasteiger partial charge on any atom is -0.480 e. The van der Waals surface area contributed by atoms with Gasteiger partial charge in [0.15, 0.2) is 0 Å². The second kappa shape index (κ2) is 8.28. The van der Waals surface area contributed by atoms with Crippen molar-refractivity contribution in [2.45, 2.75) is 11.8 Å². The molecule has 0 bridgehead atoms. The SMILES string of the molecule is CNc1nc(C)c2cc(-c3cnc(OC)c(NS(=O)(=O)c4ccc(F)cc4F)c3)sc2n1. The fraction of sp³-hybridized carbons (Fsp3) is 0.150. The zero-order valence-electron chi connectivity index (χ0n) is 17.1. The van der Waals surface area contributed by atoms with Crippen molar-refractivity contribution >= 4 is 43.2 Å². The lowest BCUT2D eigenvalue weighted by molar-refractivity contribution is 0.400. The van der Waals surface area contributed by atoms with Crippen molar-refractivity contribution in [2.75, 3.05) is 24.2 Å². The molecule has 0 amide bonds. The van der Waals surface area contributed by atoms with Crippen molar-refractivity contribution in [3.05, 3.63) is 53.9 Å². The van der Waals surface area contributed by atoms with Crippen LogP contribution in [0, 0.1) is 18.6 Å². The van der Waals surface area contributed by atoms with Gasteiger partial charge >= 0.3 is 0 Å². The zero-order chi connectivity index (χ0) is 23.0. The number of fused-ring (bicyclic) bond motifs is 1. The highest BCUT2D eigenvalue weighted by atomic mass is 32.2. The molecule has 0 aliphatic heterocycles. The lowest BCUT2D eigenvalue weighted by atomic mass is 10.2. The highest BCUT2D eigenvalue weighted by Gasteiger charge is 2.22. The predicted octanol–water partition coefficient (Wildman–Crippen LogP) is 4.19. The zero-order valence-corrected chi connectivity index (χ0v) is 18.7. The van der Waals surface area contributed by atoms with Gasteiger partial charge in [-0.05, 0) is 31.2 Å². The lowest BCUT2D eigenvalue weighted by Crippen LogP contribution is -2.15. The molecule has 4 aromatic rings. The number of methoxy groups -OCH3 is 1. The molecule has 0 atom stereocenters. The number of thiophene rings is 1. The molecule has 3 aromatic heterocycles. The summed E-state index contributed by atoms with van der Waals surface area (Å²) in [6.07, 6.45) is 1.53. The van der Waals surface area contributed by atoms with Crippen LogP contribution in [0.3, 0.4) is 0 Å². The van der Waals surface area contributed by atoms with Crippen LogP contribution in [0.5, 0.6) is 5.88 Å². The van der Waals surface area contributed by atoms with Crippen LogP contribution in [0.25, 0.3) is 20.7 Å². The van der Waals surface area contributed by atoms with Crippen LogP contribution in [0.15, 0.2) is 41.4 Å². The molecule has 0 aliphatic carbocycles. The molecule has 0 unspecified atom stereocenters. The Kier molecular flexibility index (Phi) is 5.65. The first kappa shape index (κ1) is 21.8. The average Bonchev–Trinajstić information content (AvgIpc) is 3.18. The number of pyridine rings is 1. The van der Waals surface area contributed by atoms with Crippen molar-refractivity contribution in [3.8, 4) is 16.3 Å². The molecule has 166 valence electrons. The maximum absolute atomic E-state index is 14.1. The quantitative estimate of drug-likeness (QED) is 0.429. The number of hydrogen-bond acceptors (Lipinski definition) is 8. The van der Waals surface area contributed by atoms with Gasteiger partial charge in [-0.3, -0.25) is 4.72 Å². The number of nitrogens with zero attached hydrogens (tertiary/aromatic N) is 3. The first-order valence-electron chi connectivity index (χ1n) is 9.20. The summed E-state index contributed by atoms with van der Waals surface area (Å²) in [6.45, 7) is 1.87. The predicted molar refractivity (Wildman–Crippen MR) is 119 cm³/mol. The third-order valence-electron chi connectivity index (χ3n) is 4.56. The molecule has 0 spiro atoms. The van der Waals surface area contributed by atoms with Crippen molar-refractivity contribution in [1.29, 1.82) is 0 Å². The number of rotatable bonds is 6. The molecule has 0 saturated heterocycles. The van der Waals surface area contributed by atoms with E-state index in [-0.39, 0.29) is 11.6 Å². The number of halogens is 2. The molecular formula is C20H17F2N5O3S2. The Labute approximate surface area is 186 Å². The summed E-state index contributed by atoms with van der Waals surface area (Å²) in [5.41, 5.74) is 1.39. The van der Waals surface area contributed by atoms with E-state index in [1.807, 2.05) is 13.0 Å². The van der Waals surface area contributed by atoms with Crippen molar-refractivity contribution < 1.29 is 21.9 Å². The van der Waals surface area contributed by atoms with Crippen molar-refractivity contribution in [2.24, 2.45) is 0 Å². The molecule has 0 radical (unpaired) electrons. The van der Waals surface area contributed by atoms with Crippen molar-refractivity contribution in [1.82, 2.24) is 15.0 Å². The van der Waals surface area contributed by atoms with E-state index in [4.69, 9.17) is 4.74 Å². The first-order chi connectivity index (χ1) is 15.2. The Hall–Kier alpha value is -3.38. The molecule has 4 rings (SSSR count). The normalized spacial score (nSPS) is 11.5. The summed E-state index contributed by atoms with van der Waals surface area (Å²) in [7, 11) is -1.32. The number of ether oxygens (including phenoxy) is 1. The summed E-state index contributed by atoms with van der Waals surface area (Å²) >= 11 is 1.38. The maximum atomic E-state index is 14.1. The average molecular weight is 478 g/mol. The second-order valence-electron chi connectivity index (χ2n) is 6.67. The van der Waals surface area contributed by atoms with E-state index in [1.54, 1.807) is 7.05 Å². The number of sulfonamides is 1. The lowest BCUT2D eigenvalue weighted by Gasteiger charge is -2.12. The van der Waals surface area contributed by atoms with Gasteiger partial charge in [0.25, 0.3) is 10.0 Å². The number of aromatic nitrogens is 3. The molecule has 12 heteroatoms. The highest BCUT2D eigenvalue weighted by Crippen LogP contribution is 2.37. The van der Waals surface area contributed by atoms with Gasteiger partial charge in [-0.1, -0.05) is 0 Å². The first-order valence-corrected chi connectivity index (χ1v) is 11.5.